The van der Waals surface area contributed by atoms with E-state index < -0.39 is 6.04 Å². The highest BCUT2D eigenvalue weighted by molar-refractivity contribution is 5.79. The van der Waals surface area contributed by atoms with Gasteiger partial charge in [0.25, 0.3) is 5.56 Å². The summed E-state index contributed by atoms with van der Waals surface area (Å²) in [7, 11) is 1.59. The summed E-state index contributed by atoms with van der Waals surface area (Å²) in [6.45, 7) is 4.75. The molecule has 0 aliphatic rings. The lowest BCUT2D eigenvalue weighted by molar-refractivity contribution is -0.124. The van der Waals surface area contributed by atoms with Gasteiger partial charge in [-0.3, -0.25) is 9.59 Å². The fourth-order valence-electron chi connectivity index (χ4n) is 3.02. The van der Waals surface area contributed by atoms with E-state index in [-0.39, 0.29) is 11.5 Å². The van der Waals surface area contributed by atoms with Crippen molar-refractivity contribution in [3.8, 4) is 28.5 Å². The molecule has 0 fully saturated rings. The Kier molecular flexibility index (Phi) is 7.85. The summed E-state index contributed by atoms with van der Waals surface area (Å²) in [5, 5.41) is 7.16. The van der Waals surface area contributed by atoms with Crippen LogP contribution in [0.2, 0.25) is 0 Å². The molecule has 0 spiro atoms. The molecule has 0 bridgehead atoms. The van der Waals surface area contributed by atoms with Crippen molar-refractivity contribution in [3.63, 3.8) is 0 Å². The van der Waals surface area contributed by atoms with Crippen LogP contribution in [0.3, 0.4) is 0 Å². The zero-order chi connectivity index (χ0) is 22.9. The smallest absolute Gasteiger partial charge is 0.267 e. The Hall–Kier alpha value is -3.81. The van der Waals surface area contributed by atoms with Crippen LogP contribution in [0, 0.1) is 0 Å². The van der Waals surface area contributed by atoms with E-state index in [4.69, 9.17) is 14.2 Å². The summed E-state index contributed by atoms with van der Waals surface area (Å²) in [4.78, 5) is 24.9. The monoisotopic (exact) mass is 437 g/mol. The minimum absolute atomic E-state index is 0.292. The van der Waals surface area contributed by atoms with E-state index in [2.05, 4.69) is 10.4 Å². The number of ether oxygens (including phenoxy) is 3. The van der Waals surface area contributed by atoms with Gasteiger partial charge in [-0.2, -0.15) is 5.10 Å². The van der Waals surface area contributed by atoms with Gasteiger partial charge in [0.1, 0.15) is 29.9 Å². The molecule has 32 heavy (non-hydrogen) atoms. The van der Waals surface area contributed by atoms with Gasteiger partial charge in [-0.05, 0) is 68.4 Å². The first-order valence-corrected chi connectivity index (χ1v) is 10.4. The van der Waals surface area contributed by atoms with Crippen molar-refractivity contribution < 1.29 is 19.0 Å². The van der Waals surface area contributed by atoms with Crippen LogP contribution in [-0.2, 0) is 4.79 Å². The van der Waals surface area contributed by atoms with E-state index in [1.54, 1.807) is 20.1 Å². The molecule has 3 rings (SSSR count). The van der Waals surface area contributed by atoms with Crippen LogP contribution in [0.4, 0.5) is 0 Å². The number of hydrogen-bond acceptors (Lipinski definition) is 6. The van der Waals surface area contributed by atoms with Gasteiger partial charge >= 0.3 is 0 Å². The van der Waals surface area contributed by atoms with Crippen LogP contribution >= 0.6 is 0 Å². The number of benzene rings is 2. The van der Waals surface area contributed by atoms with Gasteiger partial charge in [0.2, 0.25) is 5.91 Å². The average Bonchev–Trinajstić information content (AvgIpc) is 2.83. The summed E-state index contributed by atoms with van der Waals surface area (Å²) in [5.41, 5.74) is 1.05. The Morgan fingerprint density at radius 1 is 0.969 bits per heavy atom. The molecule has 0 aliphatic carbocycles. The molecule has 0 saturated heterocycles. The third-order valence-corrected chi connectivity index (χ3v) is 4.76. The second-order valence-corrected chi connectivity index (χ2v) is 6.95. The lowest BCUT2D eigenvalue weighted by Crippen LogP contribution is -2.38. The number of carbonyl (C=O) groups excluding carboxylic acids is 1. The zero-order valence-electron chi connectivity index (χ0n) is 18.4. The maximum absolute atomic E-state index is 12.6. The van der Waals surface area contributed by atoms with Gasteiger partial charge in [0.15, 0.2) is 0 Å². The Morgan fingerprint density at radius 2 is 1.59 bits per heavy atom. The first kappa shape index (κ1) is 22.9. The Balaban J connectivity index is 1.57. The highest BCUT2D eigenvalue weighted by Crippen LogP contribution is 2.20. The van der Waals surface area contributed by atoms with Crippen molar-refractivity contribution >= 4 is 5.91 Å². The number of nitrogens with zero attached hydrogens (tertiary/aromatic N) is 2. The van der Waals surface area contributed by atoms with Crippen LogP contribution in [0.1, 0.15) is 19.9 Å². The fraction of sp³-hybridized carbons (Fsp3) is 0.292. The van der Waals surface area contributed by atoms with Crippen molar-refractivity contribution in [3.05, 3.63) is 71.0 Å². The second kappa shape index (κ2) is 11.0. The third kappa shape index (κ3) is 5.87. The molecule has 8 heteroatoms. The molecule has 1 N–H and O–H groups in total. The molecule has 3 aromatic rings. The molecule has 1 aromatic heterocycles. The van der Waals surface area contributed by atoms with Crippen LogP contribution in [0.5, 0.6) is 17.2 Å². The van der Waals surface area contributed by atoms with Crippen molar-refractivity contribution in [1.29, 1.82) is 0 Å². The molecular weight excluding hydrogens is 410 g/mol. The van der Waals surface area contributed by atoms with Gasteiger partial charge in [-0.25, -0.2) is 4.68 Å². The molecule has 1 atom stereocenters. The first-order valence-electron chi connectivity index (χ1n) is 10.4. The first-order chi connectivity index (χ1) is 15.5. The summed E-state index contributed by atoms with van der Waals surface area (Å²) in [6.07, 6.45) is 0. The minimum Gasteiger partial charge on any atom is -0.497 e. The maximum Gasteiger partial charge on any atom is 0.267 e. The topological polar surface area (TPSA) is 91.7 Å². The lowest BCUT2D eigenvalue weighted by Gasteiger charge is -2.15. The molecule has 8 nitrogen and oxygen atoms in total. The van der Waals surface area contributed by atoms with Gasteiger partial charge < -0.3 is 19.5 Å². The average molecular weight is 437 g/mol. The second-order valence-electron chi connectivity index (χ2n) is 6.95. The predicted octanol–water partition coefficient (Wildman–Crippen LogP) is 3.07. The summed E-state index contributed by atoms with van der Waals surface area (Å²) in [6, 6.07) is 16.9. The third-order valence-electron chi connectivity index (χ3n) is 4.76. The number of amides is 1. The number of carbonyl (C=O) groups is 1. The van der Waals surface area contributed by atoms with E-state index in [9.17, 15) is 9.59 Å². The standard InChI is InChI=1S/C24H27N3O5/c1-4-31-20-9-11-21(12-10-20)32-16-15-25-24(29)17(2)27-23(28)14-13-22(26-27)18-5-7-19(30-3)8-6-18/h5-14,17H,4,15-16H2,1-3H3,(H,25,29). The Labute approximate surface area is 186 Å². The van der Waals surface area contributed by atoms with E-state index in [0.29, 0.717) is 31.2 Å². The number of hydrogen-bond donors (Lipinski definition) is 1. The quantitative estimate of drug-likeness (QED) is 0.490. The van der Waals surface area contributed by atoms with Gasteiger partial charge in [0, 0.05) is 11.6 Å². The molecule has 0 aliphatic heterocycles. The molecule has 1 heterocycles. The lowest BCUT2D eigenvalue weighted by atomic mass is 10.1. The van der Waals surface area contributed by atoms with Crippen LogP contribution in [0.15, 0.2) is 65.5 Å². The fourth-order valence-corrected chi connectivity index (χ4v) is 3.02. The summed E-state index contributed by atoms with van der Waals surface area (Å²) < 4.78 is 17.4. The number of nitrogens with one attached hydrogen (secondary N) is 1. The SMILES string of the molecule is CCOc1ccc(OCCNC(=O)C(C)n2nc(-c3ccc(OC)cc3)ccc2=O)cc1. The van der Waals surface area contributed by atoms with Gasteiger partial charge in [-0.1, -0.05) is 0 Å². The number of aromatic nitrogens is 2. The van der Waals surface area contributed by atoms with Crippen LogP contribution in [0.25, 0.3) is 11.3 Å². The van der Waals surface area contributed by atoms with Crippen molar-refractivity contribution in [2.24, 2.45) is 0 Å². The van der Waals surface area contributed by atoms with E-state index in [0.717, 1.165) is 17.1 Å². The Morgan fingerprint density at radius 3 is 2.22 bits per heavy atom. The Bertz CT molecular complexity index is 1080. The normalized spacial score (nSPS) is 11.5. The molecule has 168 valence electrons. The van der Waals surface area contributed by atoms with Crippen molar-refractivity contribution in [1.82, 2.24) is 15.1 Å². The number of methoxy groups -OCH3 is 1. The van der Waals surface area contributed by atoms with E-state index in [1.165, 1.54) is 10.7 Å². The molecular formula is C24H27N3O5. The summed E-state index contributed by atoms with van der Waals surface area (Å²) in [5.74, 6) is 1.86. The molecule has 0 saturated carbocycles. The van der Waals surface area contributed by atoms with Crippen LogP contribution in [-0.4, -0.2) is 42.6 Å². The highest BCUT2D eigenvalue weighted by Gasteiger charge is 2.17. The molecule has 2 aromatic carbocycles. The van der Waals surface area contributed by atoms with Crippen LogP contribution < -0.4 is 25.1 Å². The van der Waals surface area contributed by atoms with Gasteiger partial charge in [-0.15, -0.1) is 0 Å². The zero-order valence-corrected chi connectivity index (χ0v) is 18.4. The minimum atomic E-state index is -0.772. The summed E-state index contributed by atoms with van der Waals surface area (Å²) >= 11 is 0. The molecule has 0 radical (unpaired) electrons. The molecule has 1 unspecified atom stereocenters. The number of rotatable bonds is 10. The van der Waals surface area contributed by atoms with E-state index >= 15 is 0 Å². The van der Waals surface area contributed by atoms with Crippen molar-refractivity contribution in [2.45, 2.75) is 19.9 Å². The molecule has 1 amide bonds. The highest BCUT2D eigenvalue weighted by atomic mass is 16.5. The van der Waals surface area contributed by atoms with Crippen molar-refractivity contribution in [2.75, 3.05) is 26.9 Å². The van der Waals surface area contributed by atoms with Gasteiger partial charge in [0.05, 0.1) is 26.0 Å². The predicted molar refractivity (Wildman–Crippen MR) is 121 cm³/mol. The maximum atomic E-state index is 12.6. The largest absolute Gasteiger partial charge is 0.497 e. The van der Waals surface area contributed by atoms with E-state index in [1.807, 2.05) is 55.5 Å².